The van der Waals surface area contributed by atoms with Crippen molar-refractivity contribution in [1.82, 2.24) is 0 Å². The zero-order valence-electron chi connectivity index (χ0n) is 14.1. The maximum atomic E-state index is 8.89. The first kappa shape index (κ1) is 17.8. The highest BCUT2D eigenvalue weighted by Gasteiger charge is 2.23. The molecule has 0 spiro atoms. The summed E-state index contributed by atoms with van der Waals surface area (Å²) < 4.78 is 0. The molecule has 0 bridgehead atoms. The second-order valence-electron chi connectivity index (χ2n) is 6.71. The Morgan fingerprint density at radius 2 is 1.52 bits per heavy atom. The van der Waals surface area contributed by atoms with E-state index < -0.39 is 0 Å². The molecule has 0 saturated carbocycles. The molecule has 0 amide bonds. The van der Waals surface area contributed by atoms with Crippen molar-refractivity contribution >= 4 is 0 Å². The van der Waals surface area contributed by atoms with Crippen molar-refractivity contribution in [1.29, 1.82) is 5.26 Å². The lowest BCUT2D eigenvalue weighted by atomic mass is 9.75. The number of nitrogens with zero attached hydrogens (tertiary/aromatic N) is 1. The van der Waals surface area contributed by atoms with E-state index in [1.807, 2.05) is 12.1 Å². The van der Waals surface area contributed by atoms with E-state index in [0.717, 1.165) is 12.0 Å². The Morgan fingerprint density at radius 1 is 0.905 bits per heavy atom. The number of nitriles is 1. The molecule has 0 saturated heterocycles. The monoisotopic (exact) mass is 285 g/mol. The number of hydrogen-bond donors (Lipinski definition) is 0. The smallest absolute Gasteiger partial charge is 0.0991 e. The summed E-state index contributed by atoms with van der Waals surface area (Å²) >= 11 is 0. The first-order valence-electron chi connectivity index (χ1n) is 8.62. The molecule has 0 fully saturated rings. The van der Waals surface area contributed by atoms with Gasteiger partial charge in [-0.1, -0.05) is 71.4 Å². The summed E-state index contributed by atoms with van der Waals surface area (Å²) in [5.41, 5.74) is 2.55. The fourth-order valence-electron chi connectivity index (χ4n) is 3.07. The fourth-order valence-corrected chi connectivity index (χ4v) is 3.07. The van der Waals surface area contributed by atoms with E-state index in [2.05, 4.69) is 39.0 Å². The van der Waals surface area contributed by atoms with Gasteiger partial charge in [0.15, 0.2) is 0 Å². The molecule has 0 heterocycles. The van der Waals surface area contributed by atoms with Gasteiger partial charge in [0.25, 0.3) is 0 Å². The average Bonchev–Trinajstić information content (AvgIpc) is 2.50. The van der Waals surface area contributed by atoms with Crippen LogP contribution in [0.15, 0.2) is 24.3 Å². The predicted octanol–water partition coefficient (Wildman–Crippen LogP) is 6.27. The van der Waals surface area contributed by atoms with Crippen molar-refractivity contribution in [3.05, 3.63) is 35.4 Å². The van der Waals surface area contributed by atoms with Gasteiger partial charge in [0.1, 0.15) is 0 Å². The van der Waals surface area contributed by atoms with E-state index in [-0.39, 0.29) is 0 Å². The summed E-state index contributed by atoms with van der Waals surface area (Å²) in [5.74, 6) is 0. The molecule has 0 aliphatic carbocycles. The number of unbranched alkanes of at least 4 members (excludes halogenated alkanes) is 4. The van der Waals surface area contributed by atoms with Gasteiger partial charge in [0.05, 0.1) is 11.6 Å². The van der Waals surface area contributed by atoms with E-state index in [9.17, 15) is 0 Å². The molecule has 1 atom stereocenters. The summed E-state index contributed by atoms with van der Waals surface area (Å²) in [4.78, 5) is 0. The Hall–Kier alpha value is -1.29. The molecular formula is C20H31N. The highest BCUT2D eigenvalue weighted by atomic mass is 14.3. The van der Waals surface area contributed by atoms with E-state index in [1.165, 1.54) is 56.9 Å². The highest BCUT2D eigenvalue weighted by molar-refractivity contribution is 5.32. The van der Waals surface area contributed by atoms with Gasteiger partial charge in [-0.05, 0) is 42.4 Å². The van der Waals surface area contributed by atoms with Gasteiger partial charge < -0.3 is 0 Å². The van der Waals surface area contributed by atoms with Crippen LogP contribution in [-0.2, 0) is 6.42 Å². The quantitative estimate of drug-likeness (QED) is 0.465. The lowest BCUT2D eigenvalue weighted by Gasteiger charge is -2.30. The van der Waals surface area contributed by atoms with Gasteiger partial charge in [-0.2, -0.15) is 5.26 Å². The first-order valence-corrected chi connectivity index (χ1v) is 8.62. The Bertz CT molecular complexity index is 426. The van der Waals surface area contributed by atoms with Crippen LogP contribution < -0.4 is 0 Å². The molecular weight excluding hydrogens is 254 g/mol. The Kier molecular flexibility index (Phi) is 8.13. The normalized spacial score (nSPS) is 13.6. The third kappa shape index (κ3) is 6.80. The Labute approximate surface area is 131 Å². The molecule has 1 unspecified atom stereocenters. The lowest BCUT2D eigenvalue weighted by Crippen LogP contribution is -2.20. The summed E-state index contributed by atoms with van der Waals surface area (Å²) in [6.07, 6.45) is 11.8. The largest absolute Gasteiger partial charge is 0.192 e. The van der Waals surface area contributed by atoms with Crippen LogP contribution in [0.1, 0.15) is 83.3 Å². The van der Waals surface area contributed by atoms with Crippen molar-refractivity contribution in [3.8, 4) is 6.07 Å². The third-order valence-corrected chi connectivity index (χ3v) is 4.48. The third-order valence-electron chi connectivity index (χ3n) is 4.48. The topological polar surface area (TPSA) is 23.8 Å². The Morgan fingerprint density at radius 3 is 2.10 bits per heavy atom. The van der Waals surface area contributed by atoms with E-state index >= 15 is 0 Å². The minimum atomic E-state index is 0.415. The van der Waals surface area contributed by atoms with Gasteiger partial charge in [0.2, 0.25) is 0 Å². The van der Waals surface area contributed by atoms with E-state index in [0.29, 0.717) is 5.41 Å². The molecule has 0 aliphatic heterocycles. The SMILES string of the molecule is CCCCCCC(C)(CCCC)Cc1ccc(C#N)cc1. The van der Waals surface area contributed by atoms with Crippen LogP contribution in [0.5, 0.6) is 0 Å². The molecule has 21 heavy (non-hydrogen) atoms. The number of hydrogen-bond acceptors (Lipinski definition) is 1. The molecule has 1 rings (SSSR count). The van der Waals surface area contributed by atoms with Crippen LogP contribution in [0, 0.1) is 16.7 Å². The Balaban J connectivity index is 2.64. The summed E-state index contributed by atoms with van der Waals surface area (Å²) in [6.45, 7) is 7.00. The van der Waals surface area contributed by atoms with Gasteiger partial charge in [-0.3, -0.25) is 0 Å². The highest BCUT2D eigenvalue weighted by Crippen LogP contribution is 2.34. The molecule has 1 heteroatoms. The summed E-state index contributed by atoms with van der Waals surface area (Å²) in [6, 6.07) is 10.4. The minimum Gasteiger partial charge on any atom is -0.192 e. The van der Waals surface area contributed by atoms with Crippen LogP contribution in [0.4, 0.5) is 0 Å². The number of rotatable bonds is 10. The van der Waals surface area contributed by atoms with Crippen molar-refractivity contribution in [2.24, 2.45) is 5.41 Å². The molecule has 0 aliphatic rings. The molecule has 1 nitrogen and oxygen atoms in total. The lowest BCUT2D eigenvalue weighted by molar-refractivity contribution is 0.251. The average molecular weight is 285 g/mol. The summed E-state index contributed by atoms with van der Waals surface area (Å²) in [7, 11) is 0. The van der Waals surface area contributed by atoms with Crippen molar-refractivity contribution in [2.75, 3.05) is 0 Å². The van der Waals surface area contributed by atoms with Gasteiger partial charge in [0, 0.05) is 0 Å². The standard InChI is InChI=1S/C20H31N/c1-4-6-8-9-15-20(3,14-7-5-2)16-18-10-12-19(17-21)13-11-18/h10-13H,4-9,14-16H2,1-3H3. The maximum Gasteiger partial charge on any atom is 0.0991 e. The second kappa shape index (κ2) is 9.61. The van der Waals surface area contributed by atoms with Crippen molar-refractivity contribution in [3.63, 3.8) is 0 Å². The minimum absolute atomic E-state index is 0.415. The van der Waals surface area contributed by atoms with Crippen molar-refractivity contribution in [2.45, 2.75) is 78.6 Å². The maximum absolute atomic E-state index is 8.89. The number of benzene rings is 1. The van der Waals surface area contributed by atoms with Crippen LogP contribution in [0.25, 0.3) is 0 Å². The van der Waals surface area contributed by atoms with Gasteiger partial charge in [-0.25, -0.2) is 0 Å². The molecule has 0 N–H and O–H groups in total. The van der Waals surface area contributed by atoms with Crippen LogP contribution >= 0.6 is 0 Å². The van der Waals surface area contributed by atoms with Crippen LogP contribution in [-0.4, -0.2) is 0 Å². The van der Waals surface area contributed by atoms with Gasteiger partial charge >= 0.3 is 0 Å². The zero-order valence-corrected chi connectivity index (χ0v) is 14.1. The van der Waals surface area contributed by atoms with E-state index in [4.69, 9.17) is 5.26 Å². The van der Waals surface area contributed by atoms with Crippen molar-refractivity contribution < 1.29 is 0 Å². The first-order chi connectivity index (χ1) is 10.1. The van der Waals surface area contributed by atoms with Crippen LogP contribution in [0.2, 0.25) is 0 Å². The molecule has 1 aromatic rings. The molecule has 1 aromatic carbocycles. The summed E-state index contributed by atoms with van der Waals surface area (Å²) in [5, 5.41) is 8.89. The second-order valence-corrected chi connectivity index (χ2v) is 6.71. The molecule has 0 radical (unpaired) electrons. The predicted molar refractivity (Wildman–Crippen MR) is 91.3 cm³/mol. The fraction of sp³-hybridized carbons (Fsp3) is 0.650. The zero-order chi connectivity index (χ0) is 15.6. The molecule has 0 aromatic heterocycles. The molecule has 116 valence electrons. The van der Waals surface area contributed by atoms with Gasteiger partial charge in [-0.15, -0.1) is 0 Å². The van der Waals surface area contributed by atoms with E-state index in [1.54, 1.807) is 0 Å². The van der Waals surface area contributed by atoms with Crippen LogP contribution in [0.3, 0.4) is 0 Å².